The summed E-state index contributed by atoms with van der Waals surface area (Å²) >= 11 is 0. The molecule has 2 fully saturated rings. The van der Waals surface area contributed by atoms with Crippen LogP contribution in [0.4, 0.5) is 5.95 Å². The molecule has 3 rings (SSSR count). The van der Waals surface area contributed by atoms with Crippen molar-refractivity contribution in [3.05, 3.63) is 11.9 Å². The zero-order valence-electron chi connectivity index (χ0n) is 12.9. The molecule has 4 nitrogen and oxygen atoms in total. The Morgan fingerprint density at radius 1 is 1.25 bits per heavy atom. The van der Waals surface area contributed by atoms with E-state index in [1.165, 1.54) is 44.5 Å². The summed E-state index contributed by atoms with van der Waals surface area (Å²) in [4.78, 5) is 7.35. The Balaban J connectivity index is 1.87. The van der Waals surface area contributed by atoms with Gasteiger partial charge in [0.1, 0.15) is 0 Å². The molecule has 2 aliphatic rings. The molecule has 1 aliphatic heterocycles. The molecule has 0 aromatic carbocycles. The Bertz CT molecular complexity index is 447. The highest BCUT2D eigenvalue weighted by Crippen LogP contribution is 2.35. The molecule has 112 valence electrons. The van der Waals surface area contributed by atoms with Gasteiger partial charge in [0.05, 0.1) is 5.69 Å². The average Bonchev–Trinajstić information content (AvgIpc) is 3.08. The van der Waals surface area contributed by atoms with Crippen molar-refractivity contribution in [1.82, 2.24) is 9.55 Å². The molecule has 2 N–H and O–H groups in total. The van der Waals surface area contributed by atoms with Crippen LogP contribution in [0.25, 0.3) is 0 Å². The smallest absolute Gasteiger partial charge is 0.206 e. The molecule has 0 bridgehead atoms. The fourth-order valence-electron chi connectivity index (χ4n) is 3.82. The number of piperidine rings is 1. The Kier molecular flexibility index (Phi) is 4.01. The van der Waals surface area contributed by atoms with E-state index in [-0.39, 0.29) is 0 Å². The van der Waals surface area contributed by atoms with Crippen LogP contribution >= 0.6 is 0 Å². The van der Waals surface area contributed by atoms with Crippen LogP contribution in [0.2, 0.25) is 0 Å². The molecule has 0 amide bonds. The van der Waals surface area contributed by atoms with Gasteiger partial charge in [-0.25, -0.2) is 4.98 Å². The van der Waals surface area contributed by atoms with Gasteiger partial charge in [0.25, 0.3) is 0 Å². The third-order valence-electron chi connectivity index (χ3n) is 5.12. The third kappa shape index (κ3) is 2.58. The zero-order valence-corrected chi connectivity index (χ0v) is 12.9. The molecular weight excluding hydrogens is 248 g/mol. The molecule has 20 heavy (non-hydrogen) atoms. The van der Waals surface area contributed by atoms with Gasteiger partial charge in [0, 0.05) is 24.8 Å². The van der Waals surface area contributed by atoms with E-state index in [4.69, 9.17) is 10.7 Å². The highest BCUT2D eigenvalue weighted by atomic mass is 15.3. The van der Waals surface area contributed by atoms with Gasteiger partial charge in [-0.15, -0.1) is 0 Å². The fraction of sp³-hybridized carbons (Fsp3) is 0.812. The zero-order chi connectivity index (χ0) is 14.1. The molecular formula is C16H28N4. The second-order valence-electron chi connectivity index (χ2n) is 6.71. The fourth-order valence-corrected chi connectivity index (χ4v) is 3.82. The number of imidazole rings is 1. The number of hydrogen-bond acceptors (Lipinski definition) is 3. The first-order valence-corrected chi connectivity index (χ1v) is 8.21. The highest BCUT2D eigenvalue weighted by molar-refractivity contribution is 5.36. The lowest BCUT2D eigenvalue weighted by atomic mass is 9.94. The van der Waals surface area contributed by atoms with E-state index in [2.05, 4.69) is 29.5 Å². The quantitative estimate of drug-likeness (QED) is 0.923. The van der Waals surface area contributed by atoms with E-state index >= 15 is 0 Å². The van der Waals surface area contributed by atoms with E-state index < -0.39 is 0 Å². The summed E-state index contributed by atoms with van der Waals surface area (Å²) in [5, 5.41) is 0. The second kappa shape index (κ2) is 5.76. The number of anilines is 1. The maximum absolute atomic E-state index is 5.90. The standard InChI is InChI=1S/C16H28N4/c1-12-10-20(15-5-3-4-6-15)16(18-12)19-11-14(9-17)8-7-13(19)2/h10,13-15H,3-9,11,17H2,1-2H3. The van der Waals surface area contributed by atoms with Crippen molar-refractivity contribution in [2.24, 2.45) is 11.7 Å². The van der Waals surface area contributed by atoms with E-state index in [0.29, 0.717) is 18.0 Å². The summed E-state index contributed by atoms with van der Waals surface area (Å²) in [6.07, 6.45) is 10.1. The SMILES string of the molecule is Cc1cn(C2CCCC2)c(N2CC(CN)CCC2C)n1. The van der Waals surface area contributed by atoms with Gasteiger partial charge in [-0.1, -0.05) is 12.8 Å². The molecule has 2 atom stereocenters. The van der Waals surface area contributed by atoms with Gasteiger partial charge in [-0.2, -0.15) is 0 Å². The van der Waals surface area contributed by atoms with Crippen molar-refractivity contribution < 1.29 is 0 Å². The molecule has 2 heterocycles. The molecule has 1 saturated carbocycles. The Labute approximate surface area is 122 Å². The number of aromatic nitrogens is 2. The maximum atomic E-state index is 5.90. The minimum atomic E-state index is 0.583. The molecule has 4 heteroatoms. The van der Waals surface area contributed by atoms with Gasteiger partial charge in [0.15, 0.2) is 0 Å². The number of rotatable bonds is 3. The summed E-state index contributed by atoms with van der Waals surface area (Å²) in [5.41, 5.74) is 7.05. The summed E-state index contributed by atoms with van der Waals surface area (Å²) < 4.78 is 2.46. The van der Waals surface area contributed by atoms with Crippen LogP contribution in [0.15, 0.2) is 6.20 Å². The number of aryl methyl sites for hydroxylation is 1. The van der Waals surface area contributed by atoms with E-state index in [9.17, 15) is 0 Å². The first kappa shape index (κ1) is 13.9. The number of hydrogen-bond donors (Lipinski definition) is 1. The van der Waals surface area contributed by atoms with Crippen LogP contribution in [-0.4, -0.2) is 28.7 Å². The summed E-state index contributed by atoms with van der Waals surface area (Å²) in [6, 6.07) is 1.25. The summed E-state index contributed by atoms with van der Waals surface area (Å²) in [7, 11) is 0. The van der Waals surface area contributed by atoms with Crippen LogP contribution in [0.3, 0.4) is 0 Å². The number of nitrogens with zero attached hydrogens (tertiary/aromatic N) is 3. The van der Waals surface area contributed by atoms with Gasteiger partial charge in [0.2, 0.25) is 5.95 Å². The number of nitrogens with two attached hydrogens (primary N) is 1. The highest BCUT2D eigenvalue weighted by Gasteiger charge is 2.30. The Morgan fingerprint density at radius 3 is 2.70 bits per heavy atom. The maximum Gasteiger partial charge on any atom is 0.206 e. The normalized spacial score (nSPS) is 28.2. The van der Waals surface area contributed by atoms with E-state index in [1.807, 2.05) is 0 Å². The predicted molar refractivity (Wildman–Crippen MR) is 83.1 cm³/mol. The lowest BCUT2D eigenvalue weighted by molar-refractivity contribution is 0.362. The Hall–Kier alpha value is -1.03. The topological polar surface area (TPSA) is 47.1 Å². The lowest BCUT2D eigenvalue weighted by Gasteiger charge is -2.39. The van der Waals surface area contributed by atoms with Crippen molar-refractivity contribution in [1.29, 1.82) is 0 Å². The first-order valence-electron chi connectivity index (χ1n) is 8.21. The molecule has 1 aromatic rings. The van der Waals surface area contributed by atoms with Crippen LogP contribution < -0.4 is 10.6 Å². The second-order valence-corrected chi connectivity index (χ2v) is 6.71. The van der Waals surface area contributed by atoms with Crippen molar-refractivity contribution in [2.75, 3.05) is 18.0 Å². The predicted octanol–water partition coefficient (Wildman–Crippen LogP) is 2.87. The van der Waals surface area contributed by atoms with Crippen molar-refractivity contribution in [2.45, 2.75) is 64.5 Å². The third-order valence-corrected chi connectivity index (χ3v) is 5.12. The lowest BCUT2D eigenvalue weighted by Crippen LogP contribution is -2.45. The van der Waals surface area contributed by atoms with Gasteiger partial charge in [-0.3, -0.25) is 0 Å². The molecule has 0 radical (unpaired) electrons. The van der Waals surface area contributed by atoms with Gasteiger partial charge >= 0.3 is 0 Å². The van der Waals surface area contributed by atoms with Crippen LogP contribution in [0.1, 0.15) is 57.2 Å². The van der Waals surface area contributed by atoms with Crippen LogP contribution in [0, 0.1) is 12.8 Å². The van der Waals surface area contributed by atoms with Gasteiger partial charge in [-0.05, 0) is 52.0 Å². The van der Waals surface area contributed by atoms with Crippen LogP contribution in [-0.2, 0) is 0 Å². The minimum absolute atomic E-state index is 0.583. The minimum Gasteiger partial charge on any atom is -0.339 e. The van der Waals surface area contributed by atoms with E-state index in [0.717, 1.165) is 18.8 Å². The molecule has 2 unspecified atom stereocenters. The Morgan fingerprint density at radius 2 is 2.00 bits per heavy atom. The largest absolute Gasteiger partial charge is 0.339 e. The van der Waals surface area contributed by atoms with Crippen molar-refractivity contribution in [3.8, 4) is 0 Å². The molecule has 1 saturated heterocycles. The molecule has 1 aromatic heterocycles. The average molecular weight is 276 g/mol. The molecule has 0 spiro atoms. The first-order chi connectivity index (χ1) is 9.69. The monoisotopic (exact) mass is 276 g/mol. The van der Waals surface area contributed by atoms with Crippen molar-refractivity contribution >= 4 is 5.95 Å². The van der Waals surface area contributed by atoms with Crippen molar-refractivity contribution in [3.63, 3.8) is 0 Å². The van der Waals surface area contributed by atoms with E-state index in [1.54, 1.807) is 0 Å². The molecule has 1 aliphatic carbocycles. The van der Waals surface area contributed by atoms with Gasteiger partial charge < -0.3 is 15.2 Å². The summed E-state index contributed by atoms with van der Waals surface area (Å²) in [5.74, 6) is 1.82. The summed E-state index contributed by atoms with van der Waals surface area (Å²) in [6.45, 7) is 6.31. The van der Waals surface area contributed by atoms with Crippen LogP contribution in [0.5, 0.6) is 0 Å².